The third-order valence-corrected chi connectivity index (χ3v) is 3.71. The molecule has 0 aliphatic carbocycles. The van der Waals surface area contributed by atoms with Crippen molar-refractivity contribution in [1.82, 2.24) is 0 Å². The van der Waals surface area contributed by atoms with Crippen molar-refractivity contribution in [2.45, 2.75) is 110 Å². The van der Waals surface area contributed by atoms with Crippen LogP contribution in [0.4, 0.5) is 0 Å². The van der Waals surface area contributed by atoms with Gasteiger partial charge in [-0.15, -0.1) is 0 Å². The van der Waals surface area contributed by atoms with Crippen LogP contribution < -0.4 is 29.6 Å². The smallest absolute Gasteiger partial charge is 0.759 e. The van der Waals surface area contributed by atoms with Crippen LogP contribution in [0.2, 0.25) is 0 Å². The Kier molecular flexibility index (Phi) is 28.5. The van der Waals surface area contributed by atoms with E-state index in [0.29, 0.717) is 0 Å². The van der Waals surface area contributed by atoms with Gasteiger partial charge in [0.2, 0.25) is 0 Å². The fourth-order valence-electron chi connectivity index (χ4n) is 2.44. The van der Waals surface area contributed by atoms with Crippen molar-refractivity contribution < 1.29 is 47.1 Å². The molecule has 0 unspecified atom stereocenters. The normalized spacial score (nSPS) is 10.6. The predicted octanol–water partition coefficient (Wildman–Crippen LogP) is 2.54. The van der Waals surface area contributed by atoms with Crippen LogP contribution in [0, 0.1) is 0 Å². The Labute approximate surface area is 167 Å². The van der Waals surface area contributed by atoms with Crippen molar-refractivity contribution in [3.8, 4) is 0 Å². The monoisotopic (exact) mass is 359 g/mol. The van der Waals surface area contributed by atoms with Crippen molar-refractivity contribution in [3.05, 3.63) is 0 Å². The molecule has 0 radical (unpaired) electrons. The van der Waals surface area contributed by atoms with E-state index in [9.17, 15) is 0 Å². The van der Waals surface area contributed by atoms with Gasteiger partial charge in [0, 0.05) is 10.4 Å². The third-order valence-electron chi connectivity index (χ3n) is 3.71. The summed E-state index contributed by atoms with van der Waals surface area (Å²) in [5, 5.41) is 0. The van der Waals surface area contributed by atoms with Crippen molar-refractivity contribution in [1.29, 1.82) is 0 Å². The second-order valence-corrected chi connectivity index (χ2v) is 6.82. The van der Waals surface area contributed by atoms with Crippen LogP contribution in [-0.2, 0) is 10.4 Å². The van der Waals surface area contributed by atoms with Crippen LogP contribution in [0.15, 0.2) is 0 Å². The molecule has 0 aliphatic heterocycles. The topological polar surface area (TPSA) is 80.3 Å². The maximum Gasteiger partial charge on any atom is 1.00 e. The second kappa shape index (κ2) is 22.9. The van der Waals surface area contributed by atoms with Gasteiger partial charge in [0.15, 0.2) is 0 Å². The first kappa shape index (κ1) is 28.7. The summed E-state index contributed by atoms with van der Waals surface area (Å²) >= 11 is 0. The SMILES string of the molecule is CCCCCCCCCCCCCCCCC.O=S(=O)([O-])[O-].[Na+]. The molecule has 0 saturated heterocycles. The summed E-state index contributed by atoms with van der Waals surface area (Å²) in [6.45, 7) is 4.58. The Morgan fingerprint density at radius 1 is 0.522 bits per heavy atom. The molecule has 0 rings (SSSR count). The van der Waals surface area contributed by atoms with Gasteiger partial charge in [-0.25, -0.2) is 0 Å². The number of unbranched alkanes of at least 4 members (excludes halogenated alkanes) is 14. The standard InChI is InChI=1S/C17H36.Na.H2O4S/c1-3-5-7-9-11-13-15-17-16-14-12-10-8-6-4-2;;1-5(2,3)4/h3-17H2,1-2H3;;(H2,1,2,3,4)/q;+1;/p-2. The summed E-state index contributed by atoms with van der Waals surface area (Å²) in [6.07, 6.45) is 21.9. The largest absolute Gasteiger partial charge is 1.00 e. The molecular weight excluding hydrogens is 323 g/mol. The van der Waals surface area contributed by atoms with Crippen molar-refractivity contribution in [2.75, 3.05) is 0 Å². The minimum Gasteiger partial charge on any atom is -0.759 e. The minimum absolute atomic E-state index is 0. The zero-order chi connectivity index (χ0) is 17.1. The Hall–Kier alpha value is 0.870. The average molecular weight is 360 g/mol. The molecule has 0 aliphatic rings. The molecule has 0 N–H and O–H groups in total. The summed E-state index contributed by atoms with van der Waals surface area (Å²) in [4.78, 5) is 0. The maximum atomic E-state index is 8.52. The molecule has 0 aromatic carbocycles. The minimum atomic E-state index is -5.17. The Morgan fingerprint density at radius 3 is 0.783 bits per heavy atom. The number of hydrogen-bond acceptors (Lipinski definition) is 4. The van der Waals surface area contributed by atoms with Crippen LogP contribution in [0.3, 0.4) is 0 Å². The van der Waals surface area contributed by atoms with E-state index in [1.165, 1.54) is 96.3 Å². The third kappa shape index (κ3) is 45.0. The van der Waals surface area contributed by atoms with Crippen molar-refractivity contribution >= 4 is 10.4 Å². The zero-order valence-electron chi connectivity index (χ0n) is 15.6. The van der Waals surface area contributed by atoms with E-state index in [2.05, 4.69) is 13.8 Å². The quantitative estimate of drug-likeness (QED) is 0.207. The summed E-state index contributed by atoms with van der Waals surface area (Å²) in [5.74, 6) is 0. The van der Waals surface area contributed by atoms with Gasteiger partial charge >= 0.3 is 29.6 Å². The summed E-state index contributed by atoms with van der Waals surface area (Å²) in [6, 6.07) is 0. The molecule has 136 valence electrons. The second-order valence-electron chi connectivity index (χ2n) is 6.00. The zero-order valence-corrected chi connectivity index (χ0v) is 18.5. The molecule has 0 aromatic heterocycles. The van der Waals surface area contributed by atoms with E-state index >= 15 is 0 Å². The van der Waals surface area contributed by atoms with Crippen LogP contribution in [0.25, 0.3) is 0 Å². The first-order chi connectivity index (χ1) is 10.4. The summed E-state index contributed by atoms with van der Waals surface area (Å²) in [7, 11) is -5.17. The average Bonchev–Trinajstić information content (AvgIpc) is 2.42. The van der Waals surface area contributed by atoms with Gasteiger partial charge in [-0.1, -0.05) is 110 Å². The molecule has 23 heavy (non-hydrogen) atoms. The molecule has 6 heteroatoms. The van der Waals surface area contributed by atoms with E-state index in [1.54, 1.807) is 0 Å². The molecule has 0 heterocycles. The van der Waals surface area contributed by atoms with E-state index in [4.69, 9.17) is 17.5 Å². The first-order valence-corrected chi connectivity index (χ1v) is 10.4. The van der Waals surface area contributed by atoms with Gasteiger partial charge in [-0.3, -0.25) is 8.42 Å². The maximum absolute atomic E-state index is 8.52. The molecule has 4 nitrogen and oxygen atoms in total. The Bertz CT molecular complexity index is 273. The Balaban J connectivity index is -0.000000578. The predicted molar refractivity (Wildman–Crippen MR) is 91.1 cm³/mol. The van der Waals surface area contributed by atoms with Crippen LogP contribution in [0.1, 0.15) is 110 Å². The van der Waals surface area contributed by atoms with E-state index < -0.39 is 10.4 Å². The first-order valence-electron chi connectivity index (χ1n) is 9.08. The van der Waals surface area contributed by atoms with Crippen LogP contribution in [0.5, 0.6) is 0 Å². The van der Waals surface area contributed by atoms with Crippen LogP contribution in [-0.4, -0.2) is 17.5 Å². The fraction of sp³-hybridized carbons (Fsp3) is 1.00. The van der Waals surface area contributed by atoms with Gasteiger partial charge in [0.1, 0.15) is 0 Å². The molecule has 0 saturated carbocycles. The van der Waals surface area contributed by atoms with Gasteiger partial charge in [0.25, 0.3) is 0 Å². The van der Waals surface area contributed by atoms with E-state index in [1.807, 2.05) is 0 Å². The molecule has 0 aromatic rings. The number of rotatable bonds is 14. The van der Waals surface area contributed by atoms with Crippen molar-refractivity contribution in [3.63, 3.8) is 0 Å². The molecule has 0 spiro atoms. The van der Waals surface area contributed by atoms with Gasteiger partial charge in [0.05, 0.1) is 0 Å². The Morgan fingerprint density at radius 2 is 0.652 bits per heavy atom. The van der Waals surface area contributed by atoms with E-state index in [0.717, 1.165) is 0 Å². The van der Waals surface area contributed by atoms with Gasteiger partial charge in [-0.05, 0) is 0 Å². The van der Waals surface area contributed by atoms with E-state index in [-0.39, 0.29) is 29.6 Å². The van der Waals surface area contributed by atoms with Gasteiger partial charge in [-0.2, -0.15) is 0 Å². The molecular formula is C17H36NaO4S-. The fourth-order valence-corrected chi connectivity index (χ4v) is 2.44. The molecule has 0 atom stereocenters. The van der Waals surface area contributed by atoms with Crippen molar-refractivity contribution in [2.24, 2.45) is 0 Å². The molecule has 0 amide bonds. The summed E-state index contributed by atoms with van der Waals surface area (Å²) in [5.41, 5.74) is 0. The molecule has 0 bridgehead atoms. The van der Waals surface area contributed by atoms with Gasteiger partial charge < -0.3 is 9.11 Å². The summed E-state index contributed by atoms with van der Waals surface area (Å²) < 4.78 is 34.1. The molecule has 0 fully saturated rings. The van der Waals surface area contributed by atoms with Crippen LogP contribution >= 0.6 is 0 Å². The number of hydrogen-bond donors (Lipinski definition) is 0.